The molecule has 0 atom stereocenters. The van der Waals surface area contributed by atoms with Gasteiger partial charge in [0.05, 0.1) is 5.56 Å². The lowest BCUT2D eigenvalue weighted by Crippen LogP contribution is -2.50. The van der Waals surface area contributed by atoms with E-state index in [1.807, 2.05) is 16.6 Å². The molecule has 8 nitrogen and oxygen atoms in total. The topological polar surface area (TPSA) is 95.0 Å². The van der Waals surface area contributed by atoms with Gasteiger partial charge in [-0.05, 0) is 37.1 Å². The van der Waals surface area contributed by atoms with Crippen LogP contribution in [0.2, 0.25) is 0 Å². The van der Waals surface area contributed by atoms with Crippen LogP contribution in [0.5, 0.6) is 0 Å². The number of pyridine rings is 1. The van der Waals surface area contributed by atoms with E-state index in [-0.39, 0.29) is 0 Å². The fraction of sp³-hybridized carbons (Fsp3) is 0.389. The first-order chi connectivity index (χ1) is 12.8. The summed E-state index contributed by atoms with van der Waals surface area (Å²) in [4.78, 5) is 6.50. The average Bonchev–Trinajstić information content (AvgIpc) is 3.40. The van der Waals surface area contributed by atoms with E-state index in [9.17, 15) is 0 Å². The first kappa shape index (κ1) is 15.1. The standard InChI is InChI=1S/C18H18N8/c19-8-14-2-1-7-20-17(14)21-9-12-10-25(11-12)16-6-5-15-22-23-18(13-3-4-13)26(15)24-16/h1-2,5-7,12-13H,3-4,9-11H2,(H,20,21). The van der Waals surface area contributed by atoms with Gasteiger partial charge in [0.1, 0.15) is 17.7 Å². The molecular weight excluding hydrogens is 328 g/mol. The number of hydrogen-bond donors (Lipinski definition) is 1. The Morgan fingerprint density at radius 3 is 2.88 bits per heavy atom. The maximum atomic E-state index is 9.12. The summed E-state index contributed by atoms with van der Waals surface area (Å²) < 4.78 is 1.89. The second-order valence-corrected chi connectivity index (χ2v) is 6.96. The van der Waals surface area contributed by atoms with Gasteiger partial charge in [-0.25, -0.2) is 4.98 Å². The van der Waals surface area contributed by atoms with Gasteiger partial charge in [0.15, 0.2) is 11.5 Å². The third-order valence-corrected chi connectivity index (χ3v) is 4.98. The smallest absolute Gasteiger partial charge is 0.178 e. The van der Waals surface area contributed by atoms with Crippen molar-refractivity contribution in [1.29, 1.82) is 5.26 Å². The molecule has 2 aliphatic rings. The lowest BCUT2D eigenvalue weighted by molar-refractivity contribution is 0.424. The summed E-state index contributed by atoms with van der Waals surface area (Å²) in [5.74, 6) is 3.64. The fourth-order valence-corrected chi connectivity index (χ4v) is 3.32. The normalized spacial score (nSPS) is 17.1. The van der Waals surface area contributed by atoms with Crippen molar-refractivity contribution in [3.05, 3.63) is 41.9 Å². The SMILES string of the molecule is N#Cc1cccnc1NCC1CN(c2ccc3nnc(C4CC4)n3n2)C1. The van der Waals surface area contributed by atoms with Crippen molar-refractivity contribution in [1.82, 2.24) is 24.8 Å². The van der Waals surface area contributed by atoms with E-state index in [1.54, 1.807) is 18.3 Å². The predicted molar refractivity (Wildman–Crippen MR) is 95.9 cm³/mol. The highest BCUT2D eigenvalue weighted by molar-refractivity contribution is 5.52. The Morgan fingerprint density at radius 1 is 1.19 bits per heavy atom. The number of hydrogen-bond acceptors (Lipinski definition) is 7. The zero-order chi connectivity index (χ0) is 17.5. The van der Waals surface area contributed by atoms with Gasteiger partial charge in [-0.1, -0.05) is 0 Å². The predicted octanol–water partition coefficient (Wildman–Crippen LogP) is 1.82. The van der Waals surface area contributed by atoms with Crippen LogP contribution >= 0.6 is 0 Å². The lowest BCUT2D eigenvalue weighted by Gasteiger charge is -2.40. The van der Waals surface area contributed by atoms with Crippen molar-refractivity contribution in [2.45, 2.75) is 18.8 Å². The fourth-order valence-electron chi connectivity index (χ4n) is 3.32. The van der Waals surface area contributed by atoms with Crippen LogP contribution in [0.4, 0.5) is 11.6 Å². The number of fused-ring (bicyclic) bond motifs is 1. The van der Waals surface area contributed by atoms with Crippen LogP contribution < -0.4 is 10.2 Å². The number of nitrogens with one attached hydrogen (secondary N) is 1. The molecule has 8 heteroatoms. The molecule has 5 rings (SSSR count). The van der Waals surface area contributed by atoms with E-state index < -0.39 is 0 Å². The summed E-state index contributed by atoms with van der Waals surface area (Å²) >= 11 is 0. The summed E-state index contributed by atoms with van der Waals surface area (Å²) in [6.07, 6.45) is 4.07. The van der Waals surface area contributed by atoms with Gasteiger partial charge < -0.3 is 10.2 Å². The molecule has 0 radical (unpaired) electrons. The van der Waals surface area contributed by atoms with E-state index in [4.69, 9.17) is 10.4 Å². The molecule has 4 heterocycles. The summed E-state index contributed by atoms with van der Waals surface area (Å²) in [5, 5.41) is 25.6. The summed E-state index contributed by atoms with van der Waals surface area (Å²) in [7, 11) is 0. The van der Waals surface area contributed by atoms with Crippen LogP contribution in [0, 0.1) is 17.2 Å². The molecule has 1 N–H and O–H groups in total. The first-order valence-corrected chi connectivity index (χ1v) is 8.88. The Hall–Kier alpha value is -3.21. The van der Waals surface area contributed by atoms with Crippen molar-refractivity contribution in [2.75, 3.05) is 29.9 Å². The molecule has 0 amide bonds. The van der Waals surface area contributed by atoms with Crippen molar-refractivity contribution in [3.63, 3.8) is 0 Å². The summed E-state index contributed by atoms with van der Waals surface area (Å²) in [6.45, 7) is 2.66. The number of nitrogens with zero attached hydrogens (tertiary/aromatic N) is 7. The van der Waals surface area contributed by atoms with Gasteiger partial charge in [-0.15, -0.1) is 15.3 Å². The maximum Gasteiger partial charge on any atom is 0.178 e. The van der Waals surface area contributed by atoms with Crippen molar-refractivity contribution >= 4 is 17.3 Å². The van der Waals surface area contributed by atoms with Crippen LogP contribution in [-0.4, -0.2) is 44.4 Å². The number of nitriles is 1. The molecule has 1 aliphatic heterocycles. The highest BCUT2D eigenvalue weighted by Gasteiger charge is 2.31. The number of anilines is 2. The Balaban J connectivity index is 1.23. The minimum Gasteiger partial charge on any atom is -0.369 e. The molecule has 0 spiro atoms. The maximum absolute atomic E-state index is 9.12. The molecule has 3 aromatic rings. The molecule has 0 bridgehead atoms. The number of aromatic nitrogens is 5. The van der Waals surface area contributed by atoms with E-state index in [1.165, 1.54) is 12.8 Å². The Morgan fingerprint density at radius 2 is 2.08 bits per heavy atom. The highest BCUT2D eigenvalue weighted by Crippen LogP contribution is 2.38. The molecule has 1 saturated carbocycles. The Bertz CT molecular complexity index is 994. The molecule has 0 aromatic carbocycles. The van der Waals surface area contributed by atoms with Gasteiger partial charge in [-0.2, -0.15) is 9.78 Å². The van der Waals surface area contributed by atoms with Gasteiger partial charge >= 0.3 is 0 Å². The molecule has 1 saturated heterocycles. The third-order valence-electron chi connectivity index (χ3n) is 4.98. The molecular formula is C18H18N8. The Labute approximate surface area is 150 Å². The van der Waals surface area contributed by atoms with Gasteiger partial charge in [-0.3, -0.25) is 0 Å². The minimum atomic E-state index is 0.505. The van der Waals surface area contributed by atoms with E-state index >= 15 is 0 Å². The monoisotopic (exact) mass is 346 g/mol. The summed E-state index contributed by atoms with van der Waals surface area (Å²) in [5.41, 5.74) is 1.39. The zero-order valence-corrected chi connectivity index (χ0v) is 14.2. The molecule has 3 aromatic heterocycles. The zero-order valence-electron chi connectivity index (χ0n) is 14.2. The molecule has 130 valence electrons. The van der Waals surface area contributed by atoms with E-state index in [2.05, 4.69) is 31.5 Å². The van der Waals surface area contributed by atoms with Crippen LogP contribution in [0.25, 0.3) is 5.65 Å². The highest BCUT2D eigenvalue weighted by atomic mass is 15.4. The molecule has 1 aliphatic carbocycles. The van der Waals surface area contributed by atoms with Crippen LogP contribution in [0.1, 0.15) is 30.1 Å². The average molecular weight is 346 g/mol. The molecule has 0 unspecified atom stereocenters. The van der Waals surface area contributed by atoms with Crippen molar-refractivity contribution < 1.29 is 0 Å². The third kappa shape index (κ3) is 2.62. The first-order valence-electron chi connectivity index (χ1n) is 8.88. The Kier molecular flexibility index (Phi) is 3.45. The lowest BCUT2D eigenvalue weighted by atomic mass is 10.0. The van der Waals surface area contributed by atoms with Crippen molar-refractivity contribution in [2.24, 2.45) is 5.92 Å². The number of rotatable bonds is 5. The van der Waals surface area contributed by atoms with Gasteiger partial charge in [0.2, 0.25) is 0 Å². The van der Waals surface area contributed by atoms with Crippen LogP contribution in [0.15, 0.2) is 30.5 Å². The van der Waals surface area contributed by atoms with Crippen molar-refractivity contribution in [3.8, 4) is 6.07 Å². The second kappa shape index (κ2) is 5.95. The van der Waals surface area contributed by atoms with Gasteiger partial charge in [0.25, 0.3) is 0 Å². The quantitative estimate of drug-likeness (QED) is 0.753. The minimum absolute atomic E-state index is 0.505. The van der Waals surface area contributed by atoms with E-state index in [0.717, 1.165) is 36.9 Å². The van der Waals surface area contributed by atoms with E-state index in [0.29, 0.717) is 23.2 Å². The van der Waals surface area contributed by atoms with Crippen LogP contribution in [0.3, 0.4) is 0 Å². The molecule has 26 heavy (non-hydrogen) atoms. The molecule has 2 fully saturated rings. The second-order valence-electron chi connectivity index (χ2n) is 6.96. The largest absolute Gasteiger partial charge is 0.369 e. The van der Waals surface area contributed by atoms with Crippen LogP contribution in [-0.2, 0) is 0 Å². The summed E-state index contributed by atoms with van der Waals surface area (Å²) in [6, 6.07) is 9.71. The van der Waals surface area contributed by atoms with Gasteiger partial charge in [0, 0.05) is 37.7 Å².